The number of piperazine rings is 1. The van der Waals surface area contributed by atoms with Gasteiger partial charge in [-0.2, -0.15) is 0 Å². The fourth-order valence-electron chi connectivity index (χ4n) is 1.65. The average Bonchev–Trinajstić information content (AvgIpc) is 2.25. The van der Waals surface area contributed by atoms with Crippen LogP contribution < -0.4 is 0 Å². The lowest BCUT2D eigenvalue weighted by molar-refractivity contribution is -0.114. The molecule has 1 unspecified atom stereocenters. The van der Waals surface area contributed by atoms with Gasteiger partial charge in [0.25, 0.3) is 0 Å². The van der Waals surface area contributed by atoms with Crippen LogP contribution in [0.4, 0.5) is 9.59 Å². The van der Waals surface area contributed by atoms with Crippen LogP contribution in [0, 0.1) is 0 Å². The molecule has 1 heterocycles. The van der Waals surface area contributed by atoms with Crippen LogP contribution in [0.1, 0.15) is 20.8 Å². The summed E-state index contributed by atoms with van der Waals surface area (Å²) in [6, 6.07) is -0.787. The van der Waals surface area contributed by atoms with Crippen molar-refractivity contribution in [1.29, 1.82) is 0 Å². The van der Waals surface area contributed by atoms with Crippen molar-refractivity contribution < 1.29 is 24.2 Å². The van der Waals surface area contributed by atoms with Gasteiger partial charge < -0.3 is 19.5 Å². The number of carbonyl (C=O) groups is 3. The molecular formula is C11H18N2O5. The number of aldehydes is 1. The predicted octanol–water partition coefficient (Wildman–Crippen LogP) is 0.785. The predicted molar refractivity (Wildman–Crippen MR) is 62.4 cm³/mol. The van der Waals surface area contributed by atoms with Gasteiger partial charge in [0.05, 0.1) is 6.54 Å². The normalized spacial score (nSPS) is 20.5. The van der Waals surface area contributed by atoms with Gasteiger partial charge in [-0.1, -0.05) is 0 Å². The van der Waals surface area contributed by atoms with Crippen LogP contribution in [0.25, 0.3) is 0 Å². The van der Waals surface area contributed by atoms with Crippen molar-refractivity contribution in [1.82, 2.24) is 9.80 Å². The second-order valence-corrected chi connectivity index (χ2v) is 5.11. The highest BCUT2D eigenvalue weighted by Gasteiger charge is 2.34. The van der Waals surface area contributed by atoms with Gasteiger partial charge in [-0.3, -0.25) is 4.90 Å². The Kier molecular flexibility index (Phi) is 4.15. The molecule has 1 fully saturated rings. The maximum atomic E-state index is 11.8. The summed E-state index contributed by atoms with van der Waals surface area (Å²) in [5.74, 6) is 0. The number of rotatable bonds is 1. The molecule has 0 saturated carbocycles. The topological polar surface area (TPSA) is 87.2 Å². The highest BCUT2D eigenvalue weighted by atomic mass is 16.6. The van der Waals surface area contributed by atoms with Gasteiger partial charge in [0.1, 0.15) is 17.9 Å². The maximum Gasteiger partial charge on any atom is 0.411 e. The fourth-order valence-corrected chi connectivity index (χ4v) is 1.65. The zero-order valence-electron chi connectivity index (χ0n) is 10.8. The minimum atomic E-state index is -1.09. The number of nitrogens with zero attached hydrogens (tertiary/aromatic N) is 2. The first-order valence-electron chi connectivity index (χ1n) is 5.67. The van der Waals surface area contributed by atoms with E-state index >= 15 is 0 Å². The van der Waals surface area contributed by atoms with E-state index in [9.17, 15) is 14.4 Å². The molecule has 0 aromatic heterocycles. The van der Waals surface area contributed by atoms with Crippen LogP contribution in [-0.2, 0) is 9.53 Å². The summed E-state index contributed by atoms with van der Waals surface area (Å²) < 4.78 is 5.17. The Morgan fingerprint density at radius 1 is 1.33 bits per heavy atom. The number of carbonyl (C=O) groups excluding carboxylic acids is 2. The van der Waals surface area contributed by atoms with Gasteiger partial charge in [0.2, 0.25) is 0 Å². The van der Waals surface area contributed by atoms with Gasteiger partial charge in [-0.15, -0.1) is 0 Å². The number of amides is 2. The average molecular weight is 258 g/mol. The van der Waals surface area contributed by atoms with E-state index in [1.807, 2.05) is 0 Å². The van der Waals surface area contributed by atoms with Gasteiger partial charge in [0.15, 0.2) is 0 Å². The monoisotopic (exact) mass is 258 g/mol. The Bertz CT molecular complexity index is 350. The summed E-state index contributed by atoms with van der Waals surface area (Å²) in [6.07, 6.45) is -1.12. The van der Waals surface area contributed by atoms with Gasteiger partial charge in [0, 0.05) is 13.1 Å². The van der Waals surface area contributed by atoms with Crippen LogP contribution in [0.5, 0.6) is 0 Å². The van der Waals surface area contributed by atoms with Crippen molar-refractivity contribution in [3.63, 3.8) is 0 Å². The van der Waals surface area contributed by atoms with Gasteiger partial charge in [-0.05, 0) is 20.8 Å². The van der Waals surface area contributed by atoms with E-state index in [4.69, 9.17) is 9.84 Å². The first-order valence-corrected chi connectivity index (χ1v) is 5.67. The zero-order valence-corrected chi connectivity index (χ0v) is 10.8. The van der Waals surface area contributed by atoms with Crippen LogP contribution >= 0.6 is 0 Å². The highest BCUT2D eigenvalue weighted by molar-refractivity contribution is 5.75. The Morgan fingerprint density at radius 3 is 2.39 bits per heavy atom. The SMILES string of the molecule is CC(C)(C)OC(=O)N1CCN(C(=O)O)CC1C=O. The molecule has 0 aliphatic carbocycles. The first-order chi connectivity index (χ1) is 8.24. The van der Waals surface area contributed by atoms with Crippen molar-refractivity contribution in [2.24, 2.45) is 0 Å². The second kappa shape index (κ2) is 5.24. The van der Waals surface area contributed by atoms with Crippen molar-refractivity contribution in [3.8, 4) is 0 Å². The molecule has 18 heavy (non-hydrogen) atoms. The third-order valence-corrected chi connectivity index (χ3v) is 2.47. The van der Waals surface area contributed by atoms with Crippen molar-refractivity contribution in [2.75, 3.05) is 19.6 Å². The molecule has 2 amide bonds. The number of hydrogen-bond donors (Lipinski definition) is 1. The molecule has 102 valence electrons. The molecule has 0 aromatic carbocycles. The summed E-state index contributed by atoms with van der Waals surface area (Å²) in [5.41, 5.74) is -0.644. The minimum absolute atomic E-state index is 0.0158. The van der Waals surface area contributed by atoms with E-state index in [1.165, 1.54) is 4.90 Å². The number of ether oxygens (including phenoxy) is 1. The molecule has 0 bridgehead atoms. The van der Waals surface area contributed by atoms with E-state index in [-0.39, 0.29) is 19.6 Å². The van der Waals surface area contributed by atoms with Crippen LogP contribution in [0.2, 0.25) is 0 Å². The van der Waals surface area contributed by atoms with E-state index in [0.717, 1.165) is 4.90 Å². The Labute approximate surface area is 105 Å². The minimum Gasteiger partial charge on any atom is -0.465 e. The van der Waals surface area contributed by atoms with E-state index in [0.29, 0.717) is 6.29 Å². The molecular weight excluding hydrogens is 240 g/mol. The highest BCUT2D eigenvalue weighted by Crippen LogP contribution is 2.15. The smallest absolute Gasteiger partial charge is 0.411 e. The van der Waals surface area contributed by atoms with Crippen molar-refractivity contribution in [3.05, 3.63) is 0 Å². The molecule has 1 atom stereocenters. The summed E-state index contributed by atoms with van der Waals surface area (Å²) in [7, 11) is 0. The lowest BCUT2D eigenvalue weighted by atomic mass is 10.2. The summed E-state index contributed by atoms with van der Waals surface area (Å²) in [5, 5.41) is 8.84. The summed E-state index contributed by atoms with van der Waals surface area (Å²) in [6.45, 7) is 5.51. The number of hydrogen-bond acceptors (Lipinski definition) is 4. The first kappa shape index (κ1) is 14.3. The molecule has 7 heteroatoms. The van der Waals surface area contributed by atoms with Crippen molar-refractivity contribution in [2.45, 2.75) is 32.4 Å². The van der Waals surface area contributed by atoms with E-state index in [2.05, 4.69) is 0 Å². The van der Waals surface area contributed by atoms with Crippen molar-refractivity contribution >= 4 is 18.5 Å². The second-order valence-electron chi connectivity index (χ2n) is 5.11. The molecule has 7 nitrogen and oxygen atoms in total. The number of carboxylic acid groups (broad SMARTS) is 1. The fraction of sp³-hybridized carbons (Fsp3) is 0.727. The maximum absolute atomic E-state index is 11.8. The van der Waals surface area contributed by atoms with Gasteiger partial charge in [-0.25, -0.2) is 9.59 Å². The van der Waals surface area contributed by atoms with Crippen LogP contribution in [0.15, 0.2) is 0 Å². The third-order valence-electron chi connectivity index (χ3n) is 2.47. The zero-order chi connectivity index (χ0) is 13.9. The molecule has 1 N–H and O–H groups in total. The lowest BCUT2D eigenvalue weighted by Crippen LogP contribution is -2.57. The van der Waals surface area contributed by atoms with Crippen LogP contribution in [-0.4, -0.2) is 64.7 Å². The molecule has 0 radical (unpaired) electrons. The van der Waals surface area contributed by atoms with E-state index in [1.54, 1.807) is 20.8 Å². The lowest BCUT2D eigenvalue weighted by Gasteiger charge is -2.38. The quantitative estimate of drug-likeness (QED) is 0.702. The summed E-state index contributed by atoms with van der Waals surface area (Å²) in [4.78, 5) is 35.9. The summed E-state index contributed by atoms with van der Waals surface area (Å²) >= 11 is 0. The van der Waals surface area contributed by atoms with Crippen LogP contribution in [0.3, 0.4) is 0 Å². The third kappa shape index (κ3) is 3.61. The Morgan fingerprint density at radius 2 is 1.94 bits per heavy atom. The molecule has 1 saturated heterocycles. The molecule has 0 aromatic rings. The Hall–Kier alpha value is -1.79. The Balaban J connectivity index is 2.70. The van der Waals surface area contributed by atoms with Gasteiger partial charge >= 0.3 is 12.2 Å². The van der Waals surface area contributed by atoms with E-state index < -0.39 is 23.8 Å². The molecule has 1 aliphatic heterocycles. The molecule has 1 aliphatic rings. The molecule has 1 rings (SSSR count). The standard InChI is InChI=1S/C11H18N2O5/c1-11(2,3)18-10(17)13-5-4-12(9(15)16)6-8(13)7-14/h7-8H,4-6H2,1-3H3,(H,15,16). The molecule has 0 spiro atoms. The largest absolute Gasteiger partial charge is 0.465 e.